The van der Waals surface area contributed by atoms with Crippen molar-refractivity contribution < 1.29 is 22.1 Å². The first-order valence-electron chi connectivity index (χ1n) is 9.65. The molecular formula is C23H22ClNO5S. The molecule has 0 bridgehead atoms. The van der Waals surface area contributed by atoms with Gasteiger partial charge in [-0.3, -0.25) is 4.99 Å². The van der Waals surface area contributed by atoms with Crippen LogP contribution in [-0.4, -0.2) is 27.8 Å². The fourth-order valence-corrected chi connectivity index (χ4v) is 3.98. The molecule has 0 saturated heterocycles. The molecule has 0 radical (unpaired) electrons. The van der Waals surface area contributed by atoms with Crippen molar-refractivity contribution in [2.45, 2.75) is 18.7 Å². The number of nitrogens with zero attached hydrogens (tertiary/aromatic N) is 1. The highest BCUT2D eigenvalue weighted by Gasteiger charge is 2.22. The standard InChI is InChI=1S/C23H22ClNO5S/c1-3-28-19-12-10-18(11-13-19)25-16-17-14-21(24)23(22(15-17)29-4-2)30-31(26,27)20-8-6-5-7-9-20/h5-16H,3-4H2,1-2H3. The van der Waals surface area contributed by atoms with Gasteiger partial charge in [-0.05, 0) is 67.9 Å². The Bertz CT molecular complexity index is 1150. The van der Waals surface area contributed by atoms with Crippen LogP contribution in [0.2, 0.25) is 5.02 Å². The summed E-state index contributed by atoms with van der Waals surface area (Å²) in [6.07, 6.45) is 1.61. The van der Waals surface area contributed by atoms with Crippen molar-refractivity contribution in [1.29, 1.82) is 0 Å². The van der Waals surface area contributed by atoms with E-state index < -0.39 is 10.1 Å². The fourth-order valence-electron chi connectivity index (χ4n) is 2.70. The van der Waals surface area contributed by atoms with Crippen LogP contribution in [0.5, 0.6) is 17.2 Å². The smallest absolute Gasteiger partial charge is 0.339 e. The summed E-state index contributed by atoms with van der Waals surface area (Å²) in [4.78, 5) is 4.44. The van der Waals surface area contributed by atoms with E-state index in [-0.39, 0.29) is 21.4 Å². The van der Waals surface area contributed by atoms with Gasteiger partial charge >= 0.3 is 10.1 Å². The van der Waals surface area contributed by atoms with Gasteiger partial charge < -0.3 is 13.7 Å². The van der Waals surface area contributed by atoms with Gasteiger partial charge in [-0.15, -0.1) is 0 Å². The molecule has 0 aliphatic rings. The van der Waals surface area contributed by atoms with Gasteiger partial charge in [0.2, 0.25) is 5.75 Å². The molecule has 0 aliphatic carbocycles. The number of hydrogen-bond donors (Lipinski definition) is 0. The van der Waals surface area contributed by atoms with Gasteiger partial charge in [0, 0.05) is 6.21 Å². The summed E-state index contributed by atoms with van der Waals surface area (Å²) >= 11 is 6.35. The van der Waals surface area contributed by atoms with Crippen LogP contribution < -0.4 is 13.7 Å². The lowest BCUT2D eigenvalue weighted by Crippen LogP contribution is -2.11. The normalized spacial score (nSPS) is 11.5. The van der Waals surface area contributed by atoms with Crippen LogP contribution >= 0.6 is 11.6 Å². The second-order valence-electron chi connectivity index (χ2n) is 6.30. The third kappa shape index (κ3) is 5.99. The Labute approximate surface area is 187 Å². The van der Waals surface area contributed by atoms with Gasteiger partial charge in [-0.2, -0.15) is 8.42 Å². The SMILES string of the molecule is CCOc1ccc(N=Cc2cc(Cl)c(OS(=O)(=O)c3ccccc3)c(OCC)c2)cc1. The van der Waals surface area contributed by atoms with E-state index >= 15 is 0 Å². The molecule has 0 saturated carbocycles. The number of aliphatic imine (C=N–C) groups is 1. The Hall–Kier alpha value is -3.03. The zero-order valence-electron chi connectivity index (χ0n) is 17.1. The third-order valence-electron chi connectivity index (χ3n) is 4.07. The molecule has 3 aromatic carbocycles. The Balaban J connectivity index is 1.88. The minimum absolute atomic E-state index is 0.0228. The van der Waals surface area contributed by atoms with E-state index in [2.05, 4.69) is 4.99 Å². The molecule has 0 amide bonds. The summed E-state index contributed by atoms with van der Waals surface area (Å²) in [5.41, 5.74) is 1.36. The summed E-state index contributed by atoms with van der Waals surface area (Å²) in [5.74, 6) is 0.914. The van der Waals surface area contributed by atoms with Gasteiger partial charge in [0.05, 0.1) is 23.9 Å². The molecule has 0 heterocycles. The maximum Gasteiger partial charge on any atom is 0.339 e. The molecule has 0 unspecified atom stereocenters. The van der Waals surface area contributed by atoms with Gasteiger partial charge in [0.1, 0.15) is 10.6 Å². The van der Waals surface area contributed by atoms with Crippen LogP contribution in [0.3, 0.4) is 0 Å². The number of rotatable bonds is 9. The third-order valence-corrected chi connectivity index (χ3v) is 5.58. The number of halogens is 1. The molecule has 0 atom stereocenters. The maximum absolute atomic E-state index is 12.6. The molecule has 3 rings (SSSR count). The predicted molar refractivity (Wildman–Crippen MR) is 122 cm³/mol. The molecular weight excluding hydrogens is 438 g/mol. The highest BCUT2D eigenvalue weighted by atomic mass is 35.5. The molecule has 0 aromatic heterocycles. The second kappa shape index (κ2) is 10.3. The van der Waals surface area contributed by atoms with Crippen LogP contribution in [-0.2, 0) is 10.1 Å². The van der Waals surface area contributed by atoms with Gasteiger partial charge in [-0.25, -0.2) is 0 Å². The molecule has 8 heteroatoms. The highest BCUT2D eigenvalue weighted by molar-refractivity contribution is 7.87. The van der Waals surface area contributed by atoms with E-state index in [0.717, 1.165) is 11.4 Å². The summed E-state index contributed by atoms with van der Waals surface area (Å²) in [5, 5.41) is 0.0959. The van der Waals surface area contributed by atoms with Gasteiger partial charge in [0.25, 0.3) is 0 Å². The predicted octanol–water partition coefficient (Wildman–Crippen LogP) is 5.66. The Morgan fingerprint density at radius 1 is 0.935 bits per heavy atom. The van der Waals surface area contributed by atoms with Crippen molar-refractivity contribution in [2.75, 3.05) is 13.2 Å². The minimum atomic E-state index is -4.06. The van der Waals surface area contributed by atoms with Crippen molar-refractivity contribution in [3.8, 4) is 17.2 Å². The largest absolute Gasteiger partial charge is 0.494 e. The van der Waals surface area contributed by atoms with Crippen LogP contribution in [0.1, 0.15) is 19.4 Å². The van der Waals surface area contributed by atoms with Crippen LogP contribution in [0.25, 0.3) is 0 Å². The first-order valence-corrected chi connectivity index (χ1v) is 11.4. The van der Waals surface area contributed by atoms with Crippen molar-refractivity contribution in [3.05, 3.63) is 77.3 Å². The van der Waals surface area contributed by atoms with Crippen LogP contribution in [0.15, 0.2) is 76.6 Å². The number of hydrogen-bond acceptors (Lipinski definition) is 6. The number of ether oxygens (including phenoxy) is 2. The van der Waals surface area contributed by atoms with Crippen molar-refractivity contribution in [2.24, 2.45) is 4.99 Å². The lowest BCUT2D eigenvalue weighted by Gasteiger charge is -2.14. The molecule has 0 fully saturated rings. The van der Waals surface area contributed by atoms with Gasteiger partial charge in [0.15, 0.2) is 5.75 Å². The highest BCUT2D eigenvalue weighted by Crippen LogP contribution is 2.38. The van der Waals surface area contributed by atoms with Crippen LogP contribution in [0, 0.1) is 0 Å². The Morgan fingerprint density at radius 3 is 2.26 bits per heavy atom. The van der Waals surface area contributed by atoms with E-state index in [1.54, 1.807) is 43.5 Å². The lowest BCUT2D eigenvalue weighted by molar-refractivity contribution is 0.327. The molecule has 0 N–H and O–H groups in total. The zero-order chi connectivity index (χ0) is 22.3. The molecule has 31 heavy (non-hydrogen) atoms. The monoisotopic (exact) mass is 459 g/mol. The van der Waals surface area contributed by atoms with E-state index in [9.17, 15) is 8.42 Å². The topological polar surface area (TPSA) is 74.2 Å². The first-order chi connectivity index (χ1) is 14.9. The van der Waals surface area contributed by atoms with Gasteiger partial charge in [-0.1, -0.05) is 29.8 Å². The summed E-state index contributed by atoms with van der Waals surface area (Å²) < 4.78 is 41.5. The van der Waals surface area contributed by atoms with E-state index in [1.807, 2.05) is 31.2 Å². The van der Waals surface area contributed by atoms with Crippen molar-refractivity contribution >= 4 is 33.6 Å². The Morgan fingerprint density at radius 2 is 1.61 bits per heavy atom. The lowest BCUT2D eigenvalue weighted by atomic mass is 10.2. The van der Waals surface area contributed by atoms with E-state index in [0.29, 0.717) is 18.8 Å². The molecule has 0 spiro atoms. The van der Waals surface area contributed by atoms with E-state index in [1.165, 1.54) is 12.1 Å². The first kappa shape index (κ1) is 22.7. The summed E-state index contributed by atoms with van der Waals surface area (Å²) in [6.45, 7) is 4.60. The average Bonchev–Trinajstić information content (AvgIpc) is 2.77. The summed E-state index contributed by atoms with van der Waals surface area (Å²) in [6, 6.07) is 18.4. The quantitative estimate of drug-likeness (QED) is 0.305. The Kier molecular flexibility index (Phi) is 7.55. The maximum atomic E-state index is 12.6. The average molecular weight is 460 g/mol. The number of benzene rings is 3. The minimum Gasteiger partial charge on any atom is -0.494 e. The van der Waals surface area contributed by atoms with Crippen molar-refractivity contribution in [1.82, 2.24) is 0 Å². The van der Waals surface area contributed by atoms with Crippen molar-refractivity contribution in [3.63, 3.8) is 0 Å². The fraction of sp³-hybridized carbons (Fsp3) is 0.174. The molecule has 0 aliphatic heterocycles. The second-order valence-corrected chi connectivity index (χ2v) is 8.25. The summed E-state index contributed by atoms with van der Waals surface area (Å²) in [7, 11) is -4.06. The molecule has 3 aromatic rings. The zero-order valence-corrected chi connectivity index (χ0v) is 18.7. The van der Waals surface area contributed by atoms with E-state index in [4.69, 9.17) is 25.3 Å². The molecule has 6 nitrogen and oxygen atoms in total. The molecule has 162 valence electrons. The van der Waals surface area contributed by atoms with Crippen LogP contribution in [0.4, 0.5) is 5.69 Å².